The highest BCUT2D eigenvalue weighted by atomic mass is 32.5. The molecule has 0 N–H and O–H groups in total. The Bertz CT molecular complexity index is 574. The molecule has 0 spiro atoms. The van der Waals surface area contributed by atoms with Crippen LogP contribution in [0.25, 0.3) is 0 Å². The summed E-state index contributed by atoms with van der Waals surface area (Å²) < 4.78 is 11.8. The molecule has 0 bridgehead atoms. The van der Waals surface area contributed by atoms with Gasteiger partial charge in [0.25, 0.3) is 0 Å². The van der Waals surface area contributed by atoms with E-state index in [0.29, 0.717) is 13.2 Å². The van der Waals surface area contributed by atoms with E-state index in [9.17, 15) is 0 Å². The standard InChI is InChI=1S/C16H17O2PS/c1-19(20)17-12-16(13-18-19,14-8-4-2-5-9-14)15-10-6-3-7-11-15/h2-11H,12-13H2,1H3. The third-order valence-electron chi connectivity index (χ3n) is 3.74. The quantitative estimate of drug-likeness (QED) is 0.783. The van der Waals surface area contributed by atoms with Crippen LogP contribution in [-0.2, 0) is 26.3 Å². The molecule has 2 nitrogen and oxygen atoms in total. The van der Waals surface area contributed by atoms with Crippen molar-refractivity contribution in [2.45, 2.75) is 5.41 Å². The summed E-state index contributed by atoms with van der Waals surface area (Å²) in [6, 6.07) is 20.8. The Balaban J connectivity index is 2.08. The van der Waals surface area contributed by atoms with E-state index < -0.39 is 6.49 Å². The molecule has 0 unspecified atom stereocenters. The zero-order valence-electron chi connectivity index (χ0n) is 11.4. The van der Waals surface area contributed by atoms with Gasteiger partial charge in [0, 0.05) is 6.66 Å². The van der Waals surface area contributed by atoms with Crippen LogP contribution >= 0.6 is 6.49 Å². The minimum atomic E-state index is -2.07. The molecule has 1 fully saturated rings. The van der Waals surface area contributed by atoms with Crippen LogP contribution in [0.5, 0.6) is 0 Å². The Morgan fingerprint density at radius 1 is 0.850 bits per heavy atom. The maximum Gasteiger partial charge on any atom is 0.185 e. The van der Waals surface area contributed by atoms with Gasteiger partial charge in [-0.1, -0.05) is 60.7 Å². The van der Waals surface area contributed by atoms with Gasteiger partial charge in [-0.2, -0.15) is 0 Å². The van der Waals surface area contributed by atoms with E-state index in [1.165, 1.54) is 11.1 Å². The van der Waals surface area contributed by atoms with Gasteiger partial charge >= 0.3 is 0 Å². The van der Waals surface area contributed by atoms with E-state index in [-0.39, 0.29) is 5.41 Å². The average Bonchev–Trinajstić information content (AvgIpc) is 2.50. The lowest BCUT2D eigenvalue weighted by molar-refractivity contribution is 0.114. The van der Waals surface area contributed by atoms with Gasteiger partial charge in [0.15, 0.2) is 6.49 Å². The molecule has 0 aromatic heterocycles. The summed E-state index contributed by atoms with van der Waals surface area (Å²) in [4.78, 5) is 0. The Hall–Kier alpha value is -0.990. The highest BCUT2D eigenvalue weighted by Gasteiger charge is 2.41. The molecule has 3 rings (SSSR count). The van der Waals surface area contributed by atoms with E-state index in [0.717, 1.165) is 0 Å². The summed E-state index contributed by atoms with van der Waals surface area (Å²) in [5.41, 5.74) is 2.16. The predicted octanol–water partition coefficient (Wildman–Crippen LogP) is 3.96. The van der Waals surface area contributed by atoms with Crippen LogP contribution < -0.4 is 0 Å². The van der Waals surface area contributed by atoms with Crippen molar-refractivity contribution < 1.29 is 9.05 Å². The summed E-state index contributed by atoms with van der Waals surface area (Å²) in [6.07, 6.45) is 0. The molecule has 1 saturated heterocycles. The lowest BCUT2D eigenvalue weighted by atomic mass is 9.76. The Morgan fingerprint density at radius 2 is 1.25 bits per heavy atom. The van der Waals surface area contributed by atoms with Gasteiger partial charge in [-0.05, 0) is 22.9 Å². The van der Waals surface area contributed by atoms with Gasteiger partial charge in [0.2, 0.25) is 0 Å². The first-order valence-corrected chi connectivity index (χ1v) is 9.69. The van der Waals surface area contributed by atoms with Crippen molar-refractivity contribution in [1.29, 1.82) is 0 Å². The average molecular weight is 304 g/mol. The SMILES string of the molecule is CP1(=S)OCC(c2ccccc2)(c2ccccc2)CO1. The Morgan fingerprint density at radius 3 is 1.65 bits per heavy atom. The Kier molecular flexibility index (Phi) is 3.78. The molecule has 0 amide bonds. The van der Waals surface area contributed by atoms with E-state index in [2.05, 4.69) is 48.5 Å². The lowest BCUT2D eigenvalue weighted by Gasteiger charge is -2.41. The van der Waals surface area contributed by atoms with Crippen LogP contribution in [0.1, 0.15) is 11.1 Å². The first-order chi connectivity index (χ1) is 9.62. The molecule has 1 heterocycles. The summed E-state index contributed by atoms with van der Waals surface area (Å²) in [5, 5.41) is 0. The molecule has 0 saturated carbocycles. The number of hydrogen-bond acceptors (Lipinski definition) is 3. The summed E-state index contributed by atoms with van der Waals surface area (Å²) >= 11 is 5.36. The molecule has 4 heteroatoms. The second kappa shape index (κ2) is 5.42. The highest BCUT2D eigenvalue weighted by molar-refractivity contribution is 8.09. The number of hydrogen-bond donors (Lipinski definition) is 0. The third kappa shape index (κ3) is 2.59. The second-order valence-corrected chi connectivity index (χ2v) is 9.18. The highest BCUT2D eigenvalue weighted by Crippen LogP contribution is 2.53. The fraction of sp³-hybridized carbons (Fsp3) is 0.250. The van der Waals surface area contributed by atoms with Crippen LogP contribution in [0.3, 0.4) is 0 Å². The summed E-state index contributed by atoms with van der Waals surface area (Å²) in [5.74, 6) is 0. The first-order valence-electron chi connectivity index (χ1n) is 6.60. The van der Waals surface area contributed by atoms with Crippen molar-refractivity contribution in [3.63, 3.8) is 0 Å². The van der Waals surface area contributed by atoms with Crippen molar-refractivity contribution in [3.05, 3.63) is 71.8 Å². The molecule has 0 atom stereocenters. The first kappa shape index (κ1) is 14.0. The molecule has 1 aliphatic rings. The molecule has 104 valence electrons. The van der Waals surface area contributed by atoms with Gasteiger partial charge in [-0.25, -0.2) is 0 Å². The van der Waals surface area contributed by atoms with Crippen molar-refractivity contribution in [2.24, 2.45) is 0 Å². The minimum absolute atomic E-state index is 0.263. The molecule has 2 aromatic rings. The minimum Gasteiger partial charge on any atom is -0.328 e. The van der Waals surface area contributed by atoms with Crippen LogP contribution in [0, 0.1) is 0 Å². The van der Waals surface area contributed by atoms with Crippen molar-refractivity contribution >= 4 is 18.3 Å². The molecule has 2 aromatic carbocycles. The van der Waals surface area contributed by atoms with Crippen molar-refractivity contribution in [3.8, 4) is 0 Å². The zero-order valence-corrected chi connectivity index (χ0v) is 13.1. The van der Waals surface area contributed by atoms with Crippen LogP contribution in [0.2, 0.25) is 0 Å². The molecule has 0 radical (unpaired) electrons. The van der Waals surface area contributed by atoms with Crippen LogP contribution in [-0.4, -0.2) is 19.9 Å². The normalized spacial score (nSPS) is 20.4. The topological polar surface area (TPSA) is 18.5 Å². The lowest BCUT2D eigenvalue weighted by Crippen LogP contribution is -2.40. The monoisotopic (exact) mass is 304 g/mol. The smallest absolute Gasteiger partial charge is 0.185 e. The molecular formula is C16H17O2PS. The third-order valence-corrected chi connectivity index (χ3v) is 5.57. The van der Waals surface area contributed by atoms with E-state index in [1.54, 1.807) is 0 Å². The van der Waals surface area contributed by atoms with Crippen molar-refractivity contribution in [1.82, 2.24) is 0 Å². The van der Waals surface area contributed by atoms with Crippen LogP contribution in [0.15, 0.2) is 60.7 Å². The van der Waals surface area contributed by atoms with Crippen LogP contribution in [0.4, 0.5) is 0 Å². The van der Waals surface area contributed by atoms with E-state index >= 15 is 0 Å². The predicted molar refractivity (Wildman–Crippen MR) is 85.8 cm³/mol. The fourth-order valence-corrected chi connectivity index (χ4v) is 3.85. The maximum absolute atomic E-state index is 5.89. The second-order valence-electron chi connectivity index (χ2n) is 5.13. The summed E-state index contributed by atoms with van der Waals surface area (Å²) in [6.45, 7) is 0.973. The van der Waals surface area contributed by atoms with Gasteiger partial charge < -0.3 is 9.05 Å². The molecule has 1 aliphatic heterocycles. The molecular weight excluding hydrogens is 287 g/mol. The molecule has 0 aliphatic carbocycles. The number of benzene rings is 2. The largest absolute Gasteiger partial charge is 0.328 e. The molecule has 20 heavy (non-hydrogen) atoms. The van der Waals surface area contributed by atoms with Gasteiger partial charge in [-0.3, -0.25) is 0 Å². The van der Waals surface area contributed by atoms with E-state index in [4.69, 9.17) is 20.9 Å². The van der Waals surface area contributed by atoms with E-state index in [1.807, 2.05) is 18.8 Å². The van der Waals surface area contributed by atoms with Gasteiger partial charge in [-0.15, -0.1) is 0 Å². The summed E-state index contributed by atoms with van der Waals surface area (Å²) in [7, 11) is 0. The van der Waals surface area contributed by atoms with Gasteiger partial charge in [0.05, 0.1) is 18.6 Å². The fourth-order valence-electron chi connectivity index (χ4n) is 2.55. The maximum atomic E-state index is 5.89. The number of rotatable bonds is 2. The van der Waals surface area contributed by atoms with Gasteiger partial charge in [0.1, 0.15) is 0 Å². The zero-order chi connectivity index (χ0) is 14.1. The van der Waals surface area contributed by atoms with Crippen molar-refractivity contribution in [2.75, 3.05) is 19.9 Å². The Labute approximate surface area is 124 Å².